The van der Waals surface area contributed by atoms with Crippen molar-refractivity contribution in [3.63, 3.8) is 0 Å². The number of hydrogen-bond acceptors (Lipinski definition) is 6. The van der Waals surface area contributed by atoms with Crippen LogP contribution in [-0.2, 0) is 0 Å². The predicted octanol–water partition coefficient (Wildman–Crippen LogP) is 2.39. The van der Waals surface area contributed by atoms with Gasteiger partial charge in [-0.2, -0.15) is 0 Å². The Morgan fingerprint density at radius 2 is 2.04 bits per heavy atom. The summed E-state index contributed by atoms with van der Waals surface area (Å²) in [7, 11) is 0. The summed E-state index contributed by atoms with van der Waals surface area (Å²) in [6.07, 6.45) is 9.14. The lowest BCUT2D eigenvalue weighted by atomic mass is 9.91. The average Bonchev–Trinajstić information content (AvgIpc) is 3.13. The molecule has 9 heteroatoms. The van der Waals surface area contributed by atoms with Crippen LogP contribution in [0.3, 0.4) is 0 Å². The fraction of sp³-hybridized carbons (Fsp3) is 0.316. The first kappa shape index (κ1) is 18.2. The van der Waals surface area contributed by atoms with Crippen LogP contribution >= 0.6 is 0 Å². The van der Waals surface area contributed by atoms with E-state index in [-0.39, 0.29) is 29.3 Å². The number of rotatable bonds is 5. The van der Waals surface area contributed by atoms with Crippen LogP contribution in [-0.4, -0.2) is 32.4 Å². The molecule has 1 aliphatic carbocycles. The van der Waals surface area contributed by atoms with Crippen LogP contribution in [0, 0.1) is 5.82 Å². The maximum atomic E-state index is 14.6. The quantitative estimate of drug-likeness (QED) is 0.536. The third kappa shape index (κ3) is 3.61. The van der Waals surface area contributed by atoms with Gasteiger partial charge in [0, 0.05) is 42.4 Å². The van der Waals surface area contributed by atoms with Crippen LogP contribution < -0.4 is 22.1 Å². The van der Waals surface area contributed by atoms with Gasteiger partial charge in [0.2, 0.25) is 0 Å². The molecule has 1 amide bonds. The fourth-order valence-corrected chi connectivity index (χ4v) is 3.51. The van der Waals surface area contributed by atoms with Crippen molar-refractivity contribution in [1.82, 2.24) is 14.4 Å². The van der Waals surface area contributed by atoms with E-state index in [1.54, 1.807) is 18.3 Å². The third-order valence-electron chi connectivity index (χ3n) is 5.04. The zero-order valence-corrected chi connectivity index (χ0v) is 15.2. The Bertz CT molecular complexity index is 1020. The van der Waals surface area contributed by atoms with Gasteiger partial charge >= 0.3 is 0 Å². The Labute approximate surface area is 161 Å². The lowest BCUT2D eigenvalue weighted by Gasteiger charge is -2.30. The molecule has 0 spiro atoms. The van der Waals surface area contributed by atoms with Gasteiger partial charge in [0.1, 0.15) is 11.5 Å². The number of imidazole rings is 1. The van der Waals surface area contributed by atoms with Gasteiger partial charge in [0.15, 0.2) is 11.6 Å². The van der Waals surface area contributed by atoms with E-state index in [0.717, 1.165) is 37.4 Å². The Hall–Kier alpha value is -3.20. The molecule has 0 saturated heterocycles. The molecular weight excluding hydrogens is 361 g/mol. The zero-order chi connectivity index (χ0) is 19.7. The summed E-state index contributed by atoms with van der Waals surface area (Å²) in [5.41, 5.74) is 12.9. The Morgan fingerprint density at radius 1 is 1.21 bits per heavy atom. The van der Waals surface area contributed by atoms with Crippen molar-refractivity contribution in [2.24, 2.45) is 11.5 Å². The van der Waals surface area contributed by atoms with E-state index in [1.807, 2.05) is 16.8 Å². The highest BCUT2D eigenvalue weighted by molar-refractivity contribution is 5.98. The highest BCUT2D eigenvalue weighted by atomic mass is 19.1. The van der Waals surface area contributed by atoms with Gasteiger partial charge in [-0.1, -0.05) is 12.8 Å². The van der Waals surface area contributed by atoms with Crippen LogP contribution in [0.1, 0.15) is 36.0 Å². The molecule has 6 N–H and O–H groups in total. The SMILES string of the molecule is NC(=O)c1cc(F)c(NC2CCCCC2N)nc1Nc1ccn2ccnc2c1. The van der Waals surface area contributed by atoms with Crippen LogP contribution in [0.4, 0.5) is 21.7 Å². The Kier molecular flexibility index (Phi) is 4.82. The molecule has 3 heterocycles. The van der Waals surface area contributed by atoms with Gasteiger partial charge in [-0.15, -0.1) is 0 Å². The van der Waals surface area contributed by atoms with Crippen LogP contribution in [0.2, 0.25) is 0 Å². The first-order chi connectivity index (χ1) is 13.5. The monoisotopic (exact) mass is 383 g/mol. The standard InChI is InChI=1S/C19H22FN7O/c20-13-10-12(17(22)28)18(24-11-5-7-27-8-6-23-16(27)9-11)26-19(13)25-15-4-2-1-3-14(15)21/h5-10,14-15H,1-4,21H2,(H2,22,28)(H2,24,25,26). The van der Waals surface area contributed by atoms with Crippen molar-refractivity contribution in [1.29, 1.82) is 0 Å². The lowest BCUT2D eigenvalue weighted by Crippen LogP contribution is -2.43. The highest BCUT2D eigenvalue weighted by Gasteiger charge is 2.24. The first-order valence-corrected chi connectivity index (χ1v) is 9.23. The van der Waals surface area contributed by atoms with Gasteiger partial charge in [-0.25, -0.2) is 14.4 Å². The Balaban J connectivity index is 1.66. The zero-order valence-electron chi connectivity index (χ0n) is 15.2. The summed E-state index contributed by atoms with van der Waals surface area (Å²) in [5.74, 6) is -1.18. The molecule has 0 bridgehead atoms. The number of nitrogens with one attached hydrogen (secondary N) is 2. The smallest absolute Gasteiger partial charge is 0.252 e. The number of hydrogen-bond donors (Lipinski definition) is 4. The van der Waals surface area contributed by atoms with E-state index in [4.69, 9.17) is 11.5 Å². The molecule has 0 aliphatic heterocycles. The summed E-state index contributed by atoms with van der Waals surface area (Å²) in [6, 6.07) is 4.56. The van der Waals surface area contributed by atoms with Gasteiger partial charge in [-0.3, -0.25) is 4.79 Å². The normalized spacial score (nSPS) is 19.5. The summed E-state index contributed by atoms with van der Waals surface area (Å²) >= 11 is 0. The van der Waals surface area contributed by atoms with Crippen molar-refractivity contribution >= 4 is 28.9 Å². The fourth-order valence-electron chi connectivity index (χ4n) is 3.51. The number of aromatic nitrogens is 3. The number of nitrogens with two attached hydrogens (primary N) is 2. The summed E-state index contributed by atoms with van der Waals surface area (Å²) in [5, 5.41) is 6.15. The Morgan fingerprint density at radius 3 is 2.82 bits per heavy atom. The molecule has 28 heavy (non-hydrogen) atoms. The summed E-state index contributed by atoms with van der Waals surface area (Å²) in [4.78, 5) is 20.3. The van der Waals surface area contributed by atoms with Crippen molar-refractivity contribution < 1.29 is 9.18 Å². The van der Waals surface area contributed by atoms with E-state index in [2.05, 4.69) is 20.6 Å². The van der Waals surface area contributed by atoms with E-state index < -0.39 is 11.7 Å². The molecule has 0 radical (unpaired) electrons. The van der Waals surface area contributed by atoms with Crippen molar-refractivity contribution in [3.05, 3.63) is 48.2 Å². The minimum Gasteiger partial charge on any atom is -0.365 e. The molecule has 2 unspecified atom stereocenters. The second-order valence-corrected chi connectivity index (χ2v) is 7.01. The maximum absolute atomic E-state index is 14.6. The van der Waals surface area contributed by atoms with Crippen LogP contribution in [0.15, 0.2) is 36.8 Å². The number of carbonyl (C=O) groups excluding carboxylic acids is 1. The maximum Gasteiger partial charge on any atom is 0.252 e. The second-order valence-electron chi connectivity index (χ2n) is 7.01. The van der Waals surface area contributed by atoms with E-state index >= 15 is 0 Å². The molecule has 3 aromatic heterocycles. The van der Waals surface area contributed by atoms with Crippen molar-refractivity contribution in [3.8, 4) is 0 Å². The summed E-state index contributed by atoms with van der Waals surface area (Å²) in [6.45, 7) is 0. The van der Waals surface area contributed by atoms with E-state index in [0.29, 0.717) is 5.69 Å². The van der Waals surface area contributed by atoms with Crippen LogP contribution in [0.5, 0.6) is 0 Å². The number of halogens is 1. The molecule has 4 rings (SSSR count). The molecule has 1 saturated carbocycles. The van der Waals surface area contributed by atoms with Gasteiger partial charge in [0.25, 0.3) is 5.91 Å². The van der Waals surface area contributed by atoms with Gasteiger partial charge in [0.05, 0.1) is 5.56 Å². The van der Waals surface area contributed by atoms with Gasteiger partial charge in [-0.05, 0) is 25.0 Å². The summed E-state index contributed by atoms with van der Waals surface area (Å²) < 4.78 is 16.4. The van der Waals surface area contributed by atoms with Gasteiger partial charge < -0.3 is 26.5 Å². The number of amides is 1. The molecule has 3 aromatic rings. The molecule has 1 fully saturated rings. The van der Waals surface area contributed by atoms with Crippen LogP contribution in [0.25, 0.3) is 5.65 Å². The minimum atomic E-state index is -0.767. The minimum absolute atomic E-state index is 0.0285. The molecule has 1 aliphatic rings. The molecule has 146 valence electrons. The molecule has 8 nitrogen and oxygen atoms in total. The molecule has 2 atom stereocenters. The largest absolute Gasteiger partial charge is 0.365 e. The van der Waals surface area contributed by atoms with E-state index in [1.165, 1.54) is 0 Å². The van der Waals surface area contributed by atoms with Crippen molar-refractivity contribution in [2.45, 2.75) is 37.8 Å². The topological polar surface area (TPSA) is 123 Å². The van der Waals surface area contributed by atoms with Crippen molar-refractivity contribution in [2.75, 3.05) is 10.6 Å². The first-order valence-electron chi connectivity index (χ1n) is 9.23. The third-order valence-corrected chi connectivity index (χ3v) is 5.04. The number of anilines is 3. The number of carbonyl (C=O) groups is 1. The molecular formula is C19H22FN7O. The second kappa shape index (κ2) is 7.43. The highest BCUT2D eigenvalue weighted by Crippen LogP contribution is 2.27. The lowest BCUT2D eigenvalue weighted by molar-refractivity contribution is 0.100. The predicted molar refractivity (Wildman–Crippen MR) is 105 cm³/mol. The average molecular weight is 383 g/mol. The van der Waals surface area contributed by atoms with E-state index in [9.17, 15) is 9.18 Å². The number of pyridine rings is 2. The number of primary amides is 1. The molecule has 0 aromatic carbocycles. The number of nitrogens with zero attached hydrogens (tertiary/aromatic N) is 3. The number of fused-ring (bicyclic) bond motifs is 1.